The standard InChI is InChI=1S/C24H28N6O3/c1-16(2)26-21(31)15-17-6-8-19(9-7-17)27-24(32)30-13-10-18(11-14-30)23-28-22(29-33-23)20-5-3-4-12-25-20/h3-9,12,16,18H,10-11,13-15H2,1-2H3,(H,26,31)(H,27,32). The zero-order valence-electron chi connectivity index (χ0n) is 18.8. The molecule has 4 rings (SSSR count). The molecule has 1 aliphatic rings. The van der Waals surface area contributed by atoms with Crippen molar-refractivity contribution in [1.82, 2.24) is 25.3 Å². The van der Waals surface area contributed by atoms with Gasteiger partial charge in [0.05, 0.1) is 6.42 Å². The summed E-state index contributed by atoms with van der Waals surface area (Å²) in [6.07, 6.45) is 3.51. The minimum absolute atomic E-state index is 0.0157. The van der Waals surface area contributed by atoms with Crippen molar-refractivity contribution < 1.29 is 14.1 Å². The largest absolute Gasteiger partial charge is 0.354 e. The first-order chi connectivity index (χ1) is 16.0. The number of pyridine rings is 1. The van der Waals surface area contributed by atoms with E-state index in [-0.39, 0.29) is 23.9 Å². The first kappa shape index (κ1) is 22.4. The van der Waals surface area contributed by atoms with E-state index in [1.165, 1.54) is 0 Å². The Labute approximate surface area is 192 Å². The molecule has 1 fully saturated rings. The van der Waals surface area contributed by atoms with Crippen LogP contribution in [0.3, 0.4) is 0 Å². The van der Waals surface area contributed by atoms with Crippen LogP contribution in [0.15, 0.2) is 53.2 Å². The van der Waals surface area contributed by atoms with Crippen LogP contribution in [0.25, 0.3) is 11.5 Å². The van der Waals surface area contributed by atoms with Crippen molar-refractivity contribution in [2.24, 2.45) is 0 Å². The lowest BCUT2D eigenvalue weighted by molar-refractivity contribution is -0.120. The second-order valence-electron chi connectivity index (χ2n) is 8.46. The average molecular weight is 449 g/mol. The number of likely N-dealkylation sites (tertiary alicyclic amines) is 1. The summed E-state index contributed by atoms with van der Waals surface area (Å²) in [5.74, 6) is 1.18. The van der Waals surface area contributed by atoms with Crippen molar-refractivity contribution in [2.45, 2.75) is 45.1 Å². The Morgan fingerprint density at radius 2 is 1.88 bits per heavy atom. The van der Waals surface area contributed by atoms with Crippen molar-refractivity contribution in [3.63, 3.8) is 0 Å². The molecule has 3 amide bonds. The Morgan fingerprint density at radius 3 is 2.55 bits per heavy atom. The Morgan fingerprint density at radius 1 is 1.12 bits per heavy atom. The van der Waals surface area contributed by atoms with E-state index < -0.39 is 0 Å². The van der Waals surface area contributed by atoms with E-state index in [2.05, 4.69) is 25.8 Å². The van der Waals surface area contributed by atoms with Crippen LogP contribution in [-0.2, 0) is 11.2 Å². The molecule has 9 nitrogen and oxygen atoms in total. The summed E-state index contributed by atoms with van der Waals surface area (Å²) in [6.45, 7) is 5.07. The first-order valence-electron chi connectivity index (χ1n) is 11.2. The maximum atomic E-state index is 12.7. The molecule has 9 heteroatoms. The van der Waals surface area contributed by atoms with Gasteiger partial charge in [0.1, 0.15) is 5.69 Å². The zero-order chi connectivity index (χ0) is 23.2. The number of carbonyl (C=O) groups is 2. The number of rotatable bonds is 6. The number of amides is 3. The van der Waals surface area contributed by atoms with E-state index in [0.29, 0.717) is 42.6 Å². The fourth-order valence-electron chi connectivity index (χ4n) is 3.80. The highest BCUT2D eigenvalue weighted by Crippen LogP contribution is 2.28. The summed E-state index contributed by atoms with van der Waals surface area (Å²) in [5.41, 5.74) is 2.28. The Bertz CT molecular complexity index is 1070. The zero-order valence-corrected chi connectivity index (χ0v) is 18.8. The Hall–Kier alpha value is -3.75. The molecular formula is C24H28N6O3. The molecule has 0 aliphatic carbocycles. The third-order valence-corrected chi connectivity index (χ3v) is 5.49. The van der Waals surface area contributed by atoms with Gasteiger partial charge in [-0.25, -0.2) is 4.79 Å². The summed E-state index contributed by atoms with van der Waals surface area (Å²) in [6, 6.07) is 12.9. The summed E-state index contributed by atoms with van der Waals surface area (Å²) in [5, 5.41) is 9.85. The minimum Gasteiger partial charge on any atom is -0.354 e. The second kappa shape index (κ2) is 10.2. The fourth-order valence-corrected chi connectivity index (χ4v) is 3.80. The highest BCUT2D eigenvalue weighted by molar-refractivity contribution is 5.89. The molecule has 0 saturated carbocycles. The number of benzene rings is 1. The van der Waals surface area contributed by atoms with Crippen molar-refractivity contribution in [3.05, 3.63) is 60.1 Å². The molecule has 33 heavy (non-hydrogen) atoms. The van der Waals surface area contributed by atoms with Crippen LogP contribution in [-0.4, -0.2) is 51.1 Å². The lowest BCUT2D eigenvalue weighted by atomic mass is 9.97. The molecule has 0 bridgehead atoms. The van der Waals surface area contributed by atoms with Crippen LogP contribution >= 0.6 is 0 Å². The SMILES string of the molecule is CC(C)NC(=O)Cc1ccc(NC(=O)N2CCC(c3nc(-c4ccccn4)no3)CC2)cc1. The third kappa shape index (κ3) is 5.94. The predicted molar refractivity (Wildman–Crippen MR) is 124 cm³/mol. The summed E-state index contributed by atoms with van der Waals surface area (Å²) >= 11 is 0. The van der Waals surface area contributed by atoms with Gasteiger partial charge in [0.25, 0.3) is 0 Å². The average Bonchev–Trinajstić information content (AvgIpc) is 3.31. The summed E-state index contributed by atoms with van der Waals surface area (Å²) in [4.78, 5) is 35.1. The van der Waals surface area contributed by atoms with E-state index in [4.69, 9.17) is 4.52 Å². The van der Waals surface area contributed by atoms with Crippen molar-refractivity contribution >= 4 is 17.6 Å². The number of nitrogens with one attached hydrogen (secondary N) is 2. The van der Waals surface area contributed by atoms with Gasteiger partial charge in [-0.15, -0.1) is 0 Å². The maximum Gasteiger partial charge on any atom is 0.321 e. The molecule has 0 atom stereocenters. The molecule has 1 aliphatic heterocycles. The predicted octanol–water partition coefficient (Wildman–Crippen LogP) is 3.61. The van der Waals surface area contributed by atoms with Crippen LogP contribution in [0.5, 0.6) is 0 Å². The molecule has 1 saturated heterocycles. The van der Waals surface area contributed by atoms with Gasteiger partial charge in [0, 0.05) is 36.9 Å². The van der Waals surface area contributed by atoms with Gasteiger partial charge in [0.2, 0.25) is 17.6 Å². The van der Waals surface area contributed by atoms with Gasteiger partial charge in [-0.2, -0.15) is 4.98 Å². The molecular weight excluding hydrogens is 420 g/mol. The quantitative estimate of drug-likeness (QED) is 0.596. The fraction of sp³-hybridized carbons (Fsp3) is 0.375. The van der Waals surface area contributed by atoms with E-state index in [9.17, 15) is 9.59 Å². The molecule has 0 unspecified atom stereocenters. The molecule has 1 aromatic carbocycles. The van der Waals surface area contributed by atoms with Gasteiger partial charge >= 0.3 is 6.03 Å². The Balaban J connectivity index is 1.27. The van der Waals surface area contributed by atoms with Crippen LogP contribution in [0.4, 0.5) is 10.5 Å². The third-order valence-electron chi connectivity index (χ3n) is 5.49. The lowest BCUT2D eigenvalue weighted by Crippen LogP contribution is -2.40. The highest BCUT2D eigenvalue weighted by atomic mass is 16.5. The number of piperidine rings is 1. The number of carbonyl (C=O) groups excluding carboxylic acids is 2. The molecule has 3 aromatic rings. The van der Waals surface area contributed by atoms with Gasteiger partial charge in [-0.3, -0.25) is 9.78 Å². The van der Waals surface area contributed by atoms with E-state index in [1.807, 2.05) is 56.3 Å². The Kier molecular flexibility index (Phi) is 6.97. The van der Waals surface area contributed by atoms with Gasteiger partial charge in [-0.1, -0.05) is 23.4 Å². The molecule has 3 heterocycles. The van der Waals surface area contributed by atoms with Crippen molar-refractivity contribution in [1.29, 1.82) is 0 Å². The summed E-state index contributed by atoms with van der Waals surface area (Å²) < 4.78 is 5.46. The molecule has 172 valence electrons. The normalized spacial score (nSPS) is 14.3. The monoisotopic (exact) mass is 448 g/mol. The number of hydrogen-bond acceptors (Lipinski definition) is 6. The topological polar surface area (TPSA) is 113 Å². The van der Waals surface area contributed by atoms with Crippen molar-refractivity contribution in [2.75, 3.05) is 18.4 Å². The summed E-state index contributed by atoms with van der Waals surface area (Å²) in [7, 11) is 0. The molecule has 2 aromatic heterocycles. The number of urea groups is 1. The molecule has 2 N–H and O–H groups in total. The highest BCUT2D eigenvalue weighted by Gasteiger charge is 2.28. The van der Waals surface area contributed by atoms with Gasteiger partial charge < -0.3 is 20.1 Å². The van der Waals surface area contributed by atoms with E-state index in [0.717, 1.165) is 18.4 Å². The number of aromatic nitrogens is 3. The van der Waals surface area contributed by atoms with Crippen molar-refractivity contribution in [3.8, 4) is 11.5 Å². The van der Waals surface area contributed by atoms with Crippen LogP contribution in [0, 0.1) is 0 Å². The van der Waals surface area contributed by atoms with Gasteiger partial charge in [-0.05, 0) is 56.5 Å². The number of anilines is 1. The minimum atomic E-state index is -0.140. The molecule has 0 radical (unpaired) electrons. The number of hydrogen-bond donors (Lipinski definition) is 2. The van der Waals surface area contributed by atoms with E-state index >= 15 is 0 Å². The number of nitrogens with zero attached hydrogens (tertiary/aromatic N) is 4. The first-order valence-corrected chi connectivity index (χ1v) is 11.2. The van der Waals surface area contributed by atoms with Crippen LogP contribution in [0.2, 0.25) is 0 Å². The van der Waals surface area contributed by atoms with Crippen LogP contribution < -0.4 is 10.6 Å². The van der Waals surface area contributed by atoms with Gasteiger partial charge in [0.15, 0.2) is 0 Å². The second-order valence-corrected chi connectivity index (χ2v) is 8.46. The smallest absolute Gasteiger partial charge is 0.321 e. The van der Waals surface area contributed by atoms with Crippen LogP contribution in [0.1, 0.15) is 44.1 Å². The maximum absolute atomic E-state index is 12.7. The van der Waals surface area contributed by atoms with E-state index in [1.54, 1.807) is 11.1 Å². The lowest BCUT2D eigenvalue weighted by Gasteiger charge is -2.30. The molecule has 0 spiro atoms.